The number of aromatic nitrogens is 2. The largest absolute Gasteiger partial charge is 0.478 e. The van der Waals surface area contributed by atoms with E-state index in [0.29, 0.717) is 17.8 Å². The minimum Gasteiger partial charge on any atom is -0.478 e. The number of hydrogen-bond donors (Lipinski definition) is 1. The second kappa shape index (κ2) is 8.46. The SMILES string of the molecule is CCCCOc1cc(=NC(=O)NC(C)(C)C)cnn1-c1ccccc1. The van der Waals surface area contributed by atoms with E-state index in [9.17, 15) is 4.79 Å². The summed E-state index contributed by atoms with van der Waals surface area (Å²) in [5, 5.41) is 7.66. The summed E-state index contributed by atoms with van der Waals surface area (Å²) in [7, 11) is 0. The molecule has 2 rings (SSSR count). The van der Waals surface area contributed by atoms with Gasteiger partial charge < -0.3 is 10.1 Å². The summed E-state index contributed by atoms with van der Waals surface area (Å²) in [5.41, 5.74) is 0.549. The topological polar surface area (TPSA) is 68.5 Å². The van der Waals surface area contributed by atoms with Crippen molar-refractivity contribution in [2.75, 3.05) is 6.61 Å². The molecule has 1 heterocycles. The van der Waals surface area contributed by atoms with Crippen LogP contribution in [-0.2, 0) is 0 Å². The number of nitrogens with zero attached hydrogens (tertiary/aromatic N) is 3. The van der Waals surface area contributed by atoms with Crippen LogP contribution in [-0.4, -0.2) is 28.0 Å². The maximum atomic E-state index is 12.0. The molecular formula is C19H26N4O2. The van der Waals surface area contributed by atoms with E-state index < -0.39 is 6.03 Å². The van der Waals surface area contributed by atoms with E-state index in [1.807, 2.05) is 51.1 Å². The predicted octanol–water partition coefficient (Wildman–Crippen LogP) is 3.46. The van der Waals surface area contributed by atoms with Gasteiger partial charge in [0, 0.05) is 11.6 Å². The molecule has 0 fully saturated rings. The van der Waals surface area contributed by atoms with Crippen molar-refractivity contribution in [3.05, 3.63) is 48.0 Å². The third-order valence-electron chi connectivity index (χ3n) is 3.25. The van der Waals surface area contributed by atoms with Crippen molar-refractivity contribution in [2.45, 2.75) is 46.1 Å². The first kappa shape index (κ1) is 18.7. The summed E-state index contributed by atoms with van der Waals surface area (Å²) in [6.07, 6.45) is 3.54. The fraction of sp³-hybridized carbons (Fsp3) is 0.421. The zero-order chi connectivity index (χ0) is 18.3. The van der Waals surface area contributed by atoms with Crippen LogP contribution in [0.3, 0.4) is 0 Å². The van der Waals surface area contributed by atoms with Crippen LogP contribution in [0.1, 0.15) is 40.5 Å². The predicted molar refractivity (Wildman–Crippen MR) is 97.8 cm³/mol. The lowest BCUT2D eigenvalue weighted by atomic mass is 10.1. The highest BCUT2D eigenvalue weighted by Crippen LogP contribution is 2.14. The lowest BCUT2D eigenvalue weighted by Gasteiger charge is -2.18. The van der Waals surface area contributed by atoms with Gasteiger partial charge in [0.1, 0.15) is 0 Å². The first-order valence-corrected chi connectivity index (χ1v) is 8.53. The monoisotopic (exact) mass is 342 g/mol. The molecule has 0 saturated carbocycles. The number of amides is 2. The van der Waals surface area contributed by atoms with E-state index in [0.717, 1.165) is 18.5 Å². The third-order valence-corrected chi connectivity index (χ3v) is 3.25. The van der Waals surface area contributed by atoms with Crippen molar-refractivity contribution in [1.29, 1.82) is 0 Å². The summed E-state index contributed by atoms with van der Waals surface area (Å²) < 4.78 is 7.57. The molecule has 1 aromatic carbocycles. The molecule has 2 aromatic rings. The molecule has 1 N–H and O–H groups in total. The van der Waals surface area contributed by atoms with Crippen LogP contribution in [0.2, 0.25) is 0 Å². The number of carbonyl (C=O) groups is 1. The van der Waals surface area contributed by atoms with Crippen LogP contribution in [0, 0.1) is 0 Å². The molecule has 0 radical (unpaired) electrons. The summed E-state index contributed by atoms with van der Waals surface area (Å²) in [6.45, 7) is 8.42. The maximum absolute atomic E-state index is 12.0. The van der Waals surface area contributed by atoms with Gasteiger partial charge in [0.25, 0.3) is 0 Å². The summed E-state index contributed by atoms with van der Waals surface area (Å²) in [6, 6.07) is 11.1. The highest BCUT2D eigenvalue weighted by molar-refractivity contribution is 5.75. The number of nitrogens with one attached hydrogen (secondary N) is 1. The van der Waals surface area contributed by atoms with Gasteiger partial charge in [0.2, 0.25) is 5.88 Å². The number of carbonyl (C=O) groups excluding carboxylic acids is 1. The molecule has 25 heavy (non-hydrogen) atoms. The first-order chi connectivity index (χ1) is 11.9. The van der Waals surface area contributed by atoms with Crippen molar-refractivity contribution in [2.24, 2.45) is 4.99 Å². The number of para-hydroxylation sites is 1. The zero-order valence-corrected chi connectivity index (χ0v) is 15.3. The Bertz CT molecular complexity index is 761. The van der Waals surface area contributed by atoms with Crippen molar-refractivity contribution in [3.63, 3.8) is 0 Å². The van der Waals surface area contributed by atoms with Crippen molar-refractivity contribution >= 4 is 6.03 Å². The average Bonchev–Trinajstić information content (AvgIpc) is 2.54. The van der Waals surface area contributed by atoms with Crippen LogP contribution in [0.4, 0.5) is 4.79 Å². The molecule has 6 heteroatoms. The van der Waals surface area contributed by atoms with Crippen LogP contribution in [0.5, 0.6) is 5.88 Å². The van der Waals surface area contributed by atoms with Gasteiger partial charge in [-0.2, -0.15) is 10.1 Å². The Morgan fingerprint density at radius 3 is 2.64 bits per heavy atom. The maximum Gasteiger partial charge on any atom is 0.341 e. The minimum atomic E-state index is -0.397. The summed E-state index contributed by atoms with van der Waals surface area (Å²) >= 11 is 0. The summed E-state index contributed by atoms with van der Waals surface area (Å²) in [4.78, 5) is 16.1. The van der Waals surface area contributed by atoms with E-state index in [-0.39, 0.29) is 5.54 Å². The Kier molecular flexibility index (Phi) is 6.33. The molecule has 0 aliphatic heterocycles. The van der Waals surface area contributed by atoms with E-state index in [1.54, 1.807) is 16.9 Å². The van der Waals surface area contributed by atoms with Gasteiger partial charge >= 0.3 is 6.03 Å². The van der Waals surface area contributed by atoms with Gasteiger partial charge in [-0.25, -0.2) is 9.48 Å². The van der Waals surface area contributed by atoms with Crippen molar-refractivity contribution in [3.8, 4) is 11.6 Å². The Labute approximate surface area is 148 Å². The van der Waals surface area contributed by atoms with Crippen molar-refractivity contribution < 1.29 is 9.53 Å². The van der Waals surface area contributed by atoms with Gasteiger partial charge in [-0.15, -0.1) is 0 Å². The second-order valence-corrected chi connectivity index (χ2v) is 6.79. The van der Waals surface area contributed by atoms with Crippen LogP contribution >= 0.6 is 0 Å². The van der Waals surface area contributed by atoms with E-state index in [2.05, 4.69) is 22.3 Å². The number of benzene rings is 1. The molecule has 0 spiro atoms. The lowest BCUT2D eigenvalue weighted by Crippen LogP contribution is -2.39. The van der Waals surface area contributed by atoms with Crippen LogP contribution < -0.4 is 15.4 Å². The number of ether oxygens (including phenoxy) is 1. The molecule has 0 bridgehead atoms. The normalized spacial score (nSPS) is 12.1. The smallest absolute Gasteiger partial charge is 0.341 e. The number of unbranched alkanes of at least 4 members (excludes halogenated alkanes) is 1. The van der Waals surface area contributed by atoms with Gasteiger partial charge in [0.05, 0.1) is 23.8 Å². The molecule has 6 nitrogen and oxygen atoms in total. The van der Waals surface area contributed by atoms with Gasteiger partial charge in [0.15, 0.2) is 0 Å². The van der Waals surface area contributed by atoms with Crippen molar-refractivity contribution in [1.82, 2.24) is 15.1 Å². The molecule has 0 aliphatic carbocycles. The van der Waals surface area contributed by atoms with Gasteiger partial charge in [-0.05, 0) is 39.3 Å². The Hall–Kier alpha value is -2.63. The molecule has 0 aliphatic rings. The Balaban J connectivity index is 2.35. The van der Waals surface area contributed by atoms with Gasteiger partial charge in [-0.3, -0.25) is 0 Å². The highest BCUT2D eigenvalue weighted by atomic mass is 16.5. The molecule has 0 saturated heterocycles. The molecular weight excluding hydrogens is 316 g/mol. The minimum absolute atomic E-state index is 0.340. The quantitative estimate of drug-likeness (QED) is 0.846. The average molecular weight is 342 g/mol. The number of urea groups is 1. The number of hydrogen-bond acceptors (Lipinski definition) is 3. The fourth-order valence-corrected chi connectivity index (χ4v) is 2.11. The van der Waals surface area contributed by atoms with E-state index in [1.165, 1.54) is 0 Å². The van der Waals surface area contributed by atoms with E-state index in [4.69, 9.17) is 4.74 Å². The Morgan fingerprint density at radius 1 is 1.28 bits per heavy atom. The molecule has 0 atom stereocenters. The molecule has 0 unspecified atom stereocenters. The van der Waals surface area contributed by atoms with Crippen LogP contribution in [0.15, 0.2) is 47.6 Å². The molecule has 2 amide bonds. The molecule has 1 aromatic heterocycles. The standard InChI is InChI=1S/C19H26N4O2/c1-5-6-12-25-17-13-15(21-18(24)22-19(2,3)4)14-20-23(17)16-10-8-7-9-11-16/h7-11,13-14H,5-6,12H2,1-4H3,(H,22,24). The summed E-state index contributed by atoms with van der Waals surface area (Å²) in [5.74, 6) is 0.560. The van der Waals surface area contributed by atoms with E-state index >= 15 is 0 Å². The fourth-order valence-electron chi connectivity index (χ4n) is 2.11. The van der Waals surface area contributed by atoms with Gasteiger partial charge in [-0.1, -0.05) is 31.5 Å². The first-order valence-electron chi connectivity index (χ1n) is 8.53. The highest BCUT2D eigenvalue weighted by Gasteiger charge is 2.13. The zero-order valence-electron chi connectivity index (χ0n) is 15.3. The third kappa shape index (κ3) is 6.06. The molecule has 134 valence electrons. The number of rotatable bonds is 5. The second-order valence-electron chi connectivity index (χ2n) is 6.79. The lowest BCUT2D eigenvalue weighted by molar-refractivity contribution is 0.240. The Morgan fingerprint density at radius 2 is 2.00 bits per heavy atom. The van der Waals surface area contributed by atoms with Crippen LogP contribution in [0.25, 0.3) is 5.69 Å².